The SMILES string of the molecule is CCCNC(CCC)C(CC)N1CCC(C)C1. The third kappa shape index (κ3) is 4.59. The lowest BCUT2D eigenvalue weighted by atomic mass is 9.99. The summed E-state index contributed by atoms with van der Waals surface area (Å²) in [7, 11) is 0. The van der Waals surface area contributed by atoms with Gasteiger partial charge in [0.15, 0.2) is 0 Å². The molecule has 0 amide bonds. The predicted octanol–water partition coefficient (Wildman–Crippen LogP) is 3.28. The summed E-state index contributed by atoms with van der Waals surface area (Å²) >= 11 is 0. The highest BCUT2D eigenvalue weighted by Gasteiger charge is 2.29. The Bertz CT molecular complexity index is 193. The summed E-state index contributed by atoms with van der Waals surface area (Å²) in [6, 6.07) is 1.46. The normalized spacial score (nSPS) is 25.1. The lowest BCUT2D eigenvalue weighted by molar-refractivity contribution is 0.174. The average molecular weight is 240 g/mol. The number of nitrogens with zero attached hydrogens (tertiary/aromatic N) is 1. The minimum absolute atomic E-state index is 0.704. The molecule has 1 fully saturated rings. The van der Waals surface area contributed by atoms with Gasteiger partial charge in [0, 0.05) is 18.6 Å². The van der Waals surface area contributed by atoms with Crippen LogP contribution in [0, 0.1) is 5.92 Å². The van der Waals surface area contributed by atoms with Gasteiger partial charge in [-0.1, -0.05) is 34.1 Å². The van der Waals surface area contributed by atoms with Crippen LogP contribution in [-0.4, -0.2) is 36.6 Å². The van der Waals surface area contributed by atoms with E-state index in [9.17, 15) is 0 Å². The zero-order valence-corrected chi connectivity index (χ0v) is 12.3. The molecule has 2 heteroatoms. The molecule has 1 heterocycles. The first-order valence-electron chi connectivity index (χ1n) is 7.70. The van der Waals surface area contributed by atoms with E-state index in [4.69, 9.17) is 0 Å². The molecule has 17 heavy (non-hydrogen) atoms. The number of rotatable bonds is 8. The average Bonchev–Trinajstić information content (AvgIpc) is 2.73. The maximum atomic E-state index is 3.77. The van der Waals surface area contributed by atoms with E-state index in [1.165, 1.54) is 51.7 Å². The molecule has 0 aliphatic carbocycles. The van der Waals surface area contributed by atoms with Gasteiger partial charge in [0.2, 0.25) is 0 Å². The van der Waals surface area contributed by atoms with Crippen LogP contribution in [0.5, 0.6) is 0 Å². The Balaban J connectivity index is 2.53. The van der Waals surface area contributed by atoms with Gasteiger partial charge >= 0.3 is 0 Å². The van der Waals surface area contributed by atoms with E-state index in [2.05, 4.69) is 37.9 Å². The molecule has 1 aliphatic rings. The molecule has 3 unspecified atom stereocenters. The molecular formula is C15H32N2. The Morgan fingerprint density at radius 2 is 2.00 bits per heavy atom. The van der Waals surface area contributed by atoms with Crippen LogP contribution in [0.4, 0.5) is 0 Å². The van der Waals surface area contributed by atoms with Crippen LogP contribution in [-0.2, 0) is 0 Å². The van der Waals surface area contributed by atoms with Gasteiger partial charge < -0.3 is 5.32 Å². The van der Waals surface area contributed by atoms with E-state index in [1.54, 1.807) is 0 Å². The van der Waals surface area contributed by atoms with Crippen molar-refractivity contribution in [2.24, 2.45) is 5.92 Å². The van der Waals surface area contributed by atoms with E-state index >= 15 is 0 Å². The summed E-state index contributed by atoms with van der Waals surface area (Å²) in [5.74, 6) is 0.900. The standard InChI is InChI=1S/C15H32N2/c1-5-8-14(16-10-6-2)15(7-3)17-11-9-13(4)12-17/h13-16H,5-12H2,1-4H3. The van der Waals surface area contributed by atoms with Crippen LogP contribution in [0.25, 0.3) is 0 Å². The molecule has 2 nitrogen and oxygen atoms in total. The van der Waals surface area contributed by atoms with Gasteiger partial charge in [0.05, 0.1) is 0 Å². The fourth-order valence-electron chi connectivity index (χ4n) is 3.14. The Labute approximate surface area is 108 Å². The van der Waals surface area contributed by atoms with Gasteiger partial charge in [-0.05, 0) is 44.7 Å². The molecule has 0 spiro atoms. The van der Waals surface area contributed by atoms with Crippen molar-refractivity contribution in [3.8, 4) is 0 Å². The zero-order chi connectivity index (χ0) is 12.7. The maximum absolute atomic E-state index is 3.77. The Hall–Kier alpha value is -0.0800. The molecule has 0 aromatic carbocycles. The van der Waals surface area contributed by atoms with Crippen molar-refractivity contribution in [2.45, 2.75) is 71.9 Å². The Morgan fingerprint density at radius 3 is 2.47 bits per heavy atom. The van der Waals surface area contributed by atoms with E-state index in [1.807, 2.05) is 0 Å². The Kier molecular flexibility index (Phi) is 7.14. The van der Waals surface area contributed by atoms with Crippen molar-refractivity contribution in [2.75, 3.05) is 19.6 Å². The minimum Gasteiger partial charge on any atom is -0.312 e. The third-order valence-corrected chi connectivity index (χ3v) is 4.06. The molecule has 0 bridgehead atoms. The first-order chi connectivity index (χ1) is 8.22. The third-order valence-electron chi connectivity index (χ3n) is 4.06. The van der Waals surface area contributed by atoms with Gasteiger partial charge in [-0.25, -0.2) is 0 Å². The van der Waals surface area contributed by atoms with Crippen molar-refractivity contribution >= 4 is 0 Å². The second kappa shape index (κ2) is 8.10. The van der Waals surface area contributed by atoms with Crippen molar-refractivity contribution in [3.05, 3.63) is 0 Å². The topological polar surface area (TPSA) is 15.3 Å². The molecular weight excluding hydrogens is 208 g/mol. The van der Waals surface area contributed by atoms with E-state index in [0.717, 1.165) is 12.0 Å². The Morgan fingerprint density at radius 1 is 1.24 bits per heavy atom. The second-order valence-corrected chi connectivity index (χ2v) is 5.71. The minimum atomic E-state index is 0.704. The van der Waals surface area contributed by atoms with Crippen LogP contribution in [0.1, 0.15) is 59.8 Å². The highest BCUT2D eigenvalue weighted by Crippen LogP contribution is 2.22. The fraction of sp³-hybridized carbons (Fsp3) is 1.00. The molecule has 0 aromatic rings. The summed E-state index contributed by atoms with van der Waals surface area (Å²) in [6.07, 6.45) is 6.54. The molecule has 3 atom stereocenters. The van der Waals surface area contributed by atoms with Gasteiger partial charge in [-0.2, -0.15) is 0 Å². The monoisotopic (exact) mass is 240 g/mol. The first kappa shape index (κ1) is 15.0. The predicted molar refractivity (Wildman–Crippen MR) is 76.4 cm³/mol. The molecule has 1 aliphatic heterocycles. The lowest BCUT2D eigenvalue weighted by Crippen LogP contribution is -2.49. The summed E-state index contributed by atoms with van der Waals surface area (Å²) in [5.41, 5.74) is 0. The van der Waals surface area contributed by atoms with Gasteiger partial charge in [-0.3, -0.25) is 4.90 Å². The lowest BCUT2D eigenvalue weighted by Gasteiger charge is -2.34. The summed E-state index contributed by atoms with van der Waals surface area (Å²) in [6.45, 7) is 13.1. The largest absolute Gasteiger partial charge is 0.312 e. The van der Waals surface area contributed by atoms with E-state index in [-0.39, 0.29) is 0 Å². The van der Waals surface area contributed by atoms with Gasteiger partial charge in [-0.15, -0.1) is 0 Å². The molecule has 1 saturated heterocycles. The van der Waals surface area contributed by atoms with Crippen molar-refractivity contribution < 1.29 is 0 Å². The van der Waals surface area contributed by atoms with Crippen LogP contribution < -0.4 is 5.32 Å². The van der Waals surface area contributed by atoms with E-state index in [0.29, 0.717) is 6.04 Å². The van der Waals surface area contributed by atoms with E-state index < -0.39 is 0 Å². The zero-order valence-electron chi connectivity index (χ0n) is 12.3. The molecule has 1 rings (SSSR count). The van der Waals surface area contributed by atoms with Crippen LogP contribution in [0.15, 0.2) is 0 Å². The number of likely N-dealkylation sites (tertiary alicyclic amines) is 1. The molecule has 0 radical (unpaired) electrons. The number of hydrogen-bond acceptors (Lipinski definition) is 2. The quantitative estimate of drug-likeness (QED) is 0.700. The van der Waals surface area contributed by atoms with Crippen LogP contribution in [0.2, 0.25) is 0 Å². The van der Waals surface area contributed by atoms with Crippen molar-refractivity contribution in [1.29, 1.82) is 0 Å². The molecule has 0 aromatic heterocycles. The maximum Gasteiger partial charge on any atom is 0.0246 e. The van der Waals surface area contributed by atoms with Gasteiger partial charge in [0.1, 0.15) is 0 Å². The second-order valence-electron chi connectivity index (χ2n) is 5.71. The highest BCUT2D eigenvalue weighted by molar-refractivity contribution is 4.87. The summed E-state index contributed by atoms with van der Waals surface area (Å²) in [4.78, 5) is 2.73. The molecule has 102 valence electrons. The highest BCUT2D eigenvalue weighted by atomic mass is 15.2. The van der Waals surface area contributed by atoms with Crippen LogP contribution >= 0.6 is 0 Å². The number of nitrogens with one attached hydrogen (secondary N) is 1. The van der Waals surface area contributed by atoms with Crippen LogP contribution in [0.3, 0.4) is 0 Å². The summed E-state index contributed by atoms with van der Waals surface area (Å²) in [5, 5.41) is 3.77. The van der Waals surface area contributed by atoms with Crippen molar-refractivity contribution in [1.82, 2.24) is 10.2 Å². The first-order valence-corrected chi connectivity index (χ1v) is 7.70. The van der Waals surface area contributed by atoms with Crippen molar-refractivity contribution in [3.63, 3.8) is 0 Å². The smallest absolute Gasteiger partial charge is 0.0246 e. The molecule has 0 saturated carbocycles. The summed E-state index contributed by atoms with van der Waals surface area (Å²) < 4.78 is 0. The molecule has 1 N–H and O–H groups in total. The fourth-order valence-corrected chi connectivity index (χ4v) is 3.14. The number of hydrogen-bond donors (Lipinski definition) is 1. The van der Waals surface area contributed by atoms with Gasteiger partial charge in [0.25, 0.3) is 0 Å².